The molecule has 1 aromatic heterocycles. The molecule has 22 heavy (non-hydrogen) atoms. The largest absolute Gasteiger partial charge is 0.375 e. The lowest BCUT2D eigenvalue weighted by molar-refractivity contribution is 0.0508. The van der Waals surface area contributed by atoms with Crippen LogP contribution < -0.4 is 5.73 Å². The lowest BCUT2D eigenvalue weighted by Gasteiger charge is -2.48. The fourth-order valence-electron chi connectivity index (χ4n) is 4.19. The molecule has 0 amide bonds. The van der Waals surface area contributed by atoms with Crippen molar-refractivity contribution < 1.29 is 0 Å². The summed E-state index contributed by atoms with van der Waals surface area (Å²) in [6.07, 6.45) is 7.31. The third kappa shape index (κ3) is 2.34. The van der Waals surface area contributed by atoms with E-state index in [2.05, 4.69) is 40.2 Å². The van der Waals surface area contributed by atoms with Gasteiger partial charge >= 0.3 is 0 Å². The quantitative estimate of drug-likeness (QED) is 0.921. The van der Waals surface area contributed by atoms with Crippen LogP contribution in [0.4, 0.5) is 5.13 Å². The summed E-state index contributed by atoms with van der Waals surface area (Å²) in [6.45, 7) is 2.44. The molecule has 1 fully saturated rings. The smallest absolute Gasteiger partial charge is 0.180 e. The Morgan fingerprint density at radius 1 is 1.09 bits per heavy atom. The third-order valence-corrected chi connectivity index (χ3v) is 6.22. The fourth-order valence-corrected chi connectivity index (χ4v) is 5.17. The summed E-state index contributed by atoms with van der Waals surface area (Å²) in [4.78, 5) is 8.68. The van der Waals surface area contributed by atoms with Crippen molar-refractivity contribution in [3.05, 3.63) is 46.5 Å². The van der Waals surface area contributed by atoms with E-state index in [-0.39, 0.29) is 5.54 Å². The van der Waals surface area contributed by atoms with Crippen molar-refractivity contribution in [2.75, 3.05) is 18.8 Å². The summed E-state index contributed by atoms with van der Waals surface area (Å²) < 4.78 is 0. The van der Waals surface area contributed by atoms with Crippen LogP contribution in [-0.2, 0) is 18.4 Å². The number of hydrogen-bond donors (Lipinski definition) is 1. The SMILES string of the molecule is Nc1nc2c(s1)CC(c1ccccc1)(N1CCCCC1)CC2. The van der Waals surface area contributed by atoms with Crippen molar-refractivity contribution in [3.8, 4) is 0 Å². The van der Waals surface area contributed by atoms with E-state index >= 15 is 0 Å². The standard InChI is InChI=1S/C18H23N3S/c19-17-20-15-9-10-18(13-16(15)22-17,14-7-3-1-4-8-14)21-11-5-2-6-12-21/h1,3-4,7-8H,2,5-6,9-13H2,(H2,19,20). The Morgan fingerprint density at radius 2 is 1.86 bits per heavy atom. The summed E-state index contributed by atoms with van der Waals surface area (Å²) in [7, 11) is 0. The van der Waals surface area contributed by atoms with Crippen LogP contribution in [0.3, 0.4) is 0 Å². The van der Waals surface area contributed by atoms with E-state index in [9.17, 15) is 0 Å². The Hall–Kier alpha value is -1.39. The number of rotatable bonds is 2. The van der Waals surface area contributed by atoms with Gasteiger partial charge in [-0.1, -0.05) is 36.8 Å². The van der Waals surface area contributed by atoms with Crippen molar-refractivity contribution in [2.45, 2.75) is 44.1 Å². The normalized spacial score (nSPS) is 25.8. The molecule has 4 rings (SSSR count). The van der Waals surface area contributed by atoms with Gasteiger partial charge < -0.3 is 5.73 Å². The van der Waals surface area contributed by atoms with Crippen molar-refractivity contribution in [1.82, 2.24) is 9.88 Å². The molecule has 0 bridgehead atoms. The molecule has 1 unspecified atom stereocenters. The molecule has 3 nitrogen and oxygen atoms in total. The number of nitrogens with zero attached hydrogens (tertiary/aromatic N) is 2. The second-order valence-electron chi connectivity index (χ2n) is 6.54. The summed E-state index contributed by atoms with van der Waals surface area (Å²) in [5.74, 6) is 0. The van der Waals surface area contributed by atoms with Crippen LogP contribution in [0.1, 0.15) is 41.8 Å². The molecule has 1 atom stereocenters. The number of fused-ring (bicyclic) bond motifs is 1. The number of hydrogen-bond acceptors (Lipinski definition) is 4. The summed E-state index contributed by atoms with van der Waals surface area (Å²) in [5.41, 5.74) is 8.81. The lowest BCUT2D eigenvalue weighted by Crippen LogP contribution is -2.51. The van der Waals surface area contributed by atoms with E-state index in [0.717, 1.165) is 24.4 Å². The van der Waals surface area contributed by atoms with Gasteiger partial charge in [-0.2, -0.15) is 0 Å². The van der Waals surface area contributed by atoms with E-state index in [1.54, 1.807) is 11.3 Å². The average Bonchev–Trinajstić information content (AvgIpc) is 2.95. The molecule has 2 aromatic rings. The number of nitrogen functional groups attached to an aromatic ring is 1. The minimum Gasteiger partial charge on any atom is -0.375 e. The second kappa shape index (κ2) is 5.67. The Kier molecular flexibility index (Phi) is 3.66. The van der Waals surface area contributed by atoms with Gasteiger partial charge in [0.15, 0.2) is 5.13 Å². The number of thiazole rings is 1. The van der Waals surface area contributed by atoms with Gasteiger partial charge in [0, 0.05) is 11.3 Å². The molecule has 1 aliphatic heterocycles. The first-order valence-electron chi connectivity index (χ1n) is 8.33. The van der Waals surface area contributed by atoms with Gasteiger partial charge in [-0.05, 0) is 44.3 Å². The fraction of sp³-hybridized carbons (Fsp3) is 0.500. The topological polar surface area (TPSA) is 42.1 Å². The molecular formula is C18H23N3S. The van der Waals surface area contributed by atoms with Gasteiger partial charge in [-0.3, -0.25) is 4.90 Å². The minimum absolute atomic E-state index is 0.146. The first kappa shape index (κ1) is 14.2. The number of aromatic nitrogens is 1. The monoisotopic (exact) mass is 313 g/mol. The Balaban J connectivity index is 1.76. The lowest BCUT2D eigenvalue weighted by atomic mass is 9.75. The van der Waals surface area contributed by atoms with E-state index in [0.29, 0.717) is 0 Å². The van der Waals surface area contributed by atoms with E-state index in [4.69, 9.17) is 5.73 Å². The summed E-state index contributed by atoms with van der Waals surface area (Å²) >= 11 is 1.69. The van der Waals surface area contributed by atoms with Crippen LogP contribution in [0.2, 0.25) is 0 Å². The molecule has 1 saturated heterocycles. The highest BCUT2D eigenvalue weighted by atomic mass is 32.1. The predicted molar refractivity (Wildman–Crippen MR) is 92.1 cm³/mol. The maximum absolute atomic E-state index is 5.96. The number of piperidine rings is 1. The highest BCUT2D eigenvalue weighted by Gasteiger charge is 2.42. The van der Waals surface area contributed by atoms with Gasteiger partial charge in [0.2, 0.25) is 0 Å². The first-order chi connectivity index (χ1) is 10.8. The molecule has 0 saturated carbocycles. The molecule has 116 valence electrons. The zero-order chi connectivity index (χ0) is 15.0. The Bertz CT molecular complexity index is 646. The van der Waals surface area contributed by atoms with Crippen molar-refractivity contribution in [1.29, 1.82) is 0 Å². The molecule has 1 aromatic carbocycles. The van der Waals surface area contributed by atoms with Crippen LogP contribution >= 0.6 is 11.3 Å². The van der Waals surface area contributed by atoms with Crippen LogP contribution in [0.25, 0.3) is 0 Å². The van der Waals surface area contributed by atoms with Crippen LogP contribution in [0.5, 0.6) is 0 Å². The maximum Gasteiger partial charge on any atom is 0.180 e. The van der Waals surface area contributed by atoms with Crippen LogP contribution in [0.15, 0.2) is 30.3 Å². The van der Waals surface area contributed by atoms with Gasteiger partial charge in [-0.15, -0.1) is 11.3 Å². The van der Waals surface area contributed by atoms with E-state index in [1.807, 2.05) is 0 Å². The summed E-state index contributed by atoms with van der Waals surface area (Å²) in [5, 5.41) is 0.729. The van der Waals surface area contributed by atoms with Crippen molar-refractivity contribution >= 4 is 16.5 Å². The molecule has 0 radical (unpaired) electrons. The molecule has 2 heterocycles. The van der Waals surface area contributed by atoms with Gasteiger partial charge in [-0.25, -0.2) is 4.98 Å². The van der Waals surface area contributed by atoms with Crippen LogP contribution in [-0.4, -0.2) is 23.0 Å². The third-order valence-electron chi connectivity index (χ3n) is 5.30. The molecule has 2 aliphatic rings. The molecule has 1 aliphatic carbocycles. The minimum atomic E-state index is 0.146. The Morgan fingerprint density at radius 3 is 2.64 bits per heavy atom. The van der Waals surface area contributed by atoms with Gasteiger partial charge in [0.05, 0.1) is 11.2 Å². The van der Waals surface area contributed by atoms with Crippen LogP contribution in [0, 0.1) is 0 Å². The molecule has 2 N–H and O–H groups in total. The number of nitrogens with two attached hydrogens (primary N) is 1. The van der Waals surface area contributed by atoms with Gasteiger partial charge in [0.1, 0.15) is 0 Å². The number of aryl methyl sites for hydroxylation is 1. The van der Waals surface area contributed by atoms with Gasteiger partial charge in [0.25, 0.3) is 0 Å². The number of likely N-dealkylation sites (tertiary alicyclic amines) is 1. The first-order valence-corrected chi connectivity index (χ1v) is 9.14. The summed E-state index contributed by atoms with van der Waals surface area (Å²) in [6, 6.07) is 11.1. The highest BCUT2D eigenvalue weighted by molar-refractivity contribution is 7.15. The molecule has 0 spiro atoms. The average molecular weight is 313 g/mol. The molecule has 4 heteroatoms. The van der Waals surface area contributed by atoms with E-state index in [1.165, 1.54) is 48.5 Å². The second-order valence-corrected chi connectivity index (χ2v) is 7.66. The Labute approximate surface area is 136 Å². The number of anilines is 1. The van der Waals surface area contributed by atoms with Crippen molar-refractivity contribution in [3.63, 3.8) is 0 Å². The van der Waals surface area contributed by atoms with E-state index < -0.39 is 0 Å². The predicted octanol–water partition coefficient (Wildman–Crippen LogP) is 3.60. The van der Waals surface area contributed by atoms with Crippen molar-refractivity contribution in [2.24, 2.45) is 0 Å². The highest BCUT2D eigenvalue weighted by Crippen LogP contribution is 2.44. The zero-order valence-corrected chi connectivity index (χ0v) is 13.7. The molecular weight excluding hydrogens is 290 g/mol. The number of benzene rings is 1. The zero-order valence-electron chi connectivity index (χ0n) is 12.9. The maximum atomic E-state index is 5.96.